The van der Waals surface area contributed by atoms with Gasteiger partial charge in [-0.3, -0.25) is 4.79 Å². The Morgan fingerprint density at radius 1 is 1.29 bits per heavy atom. The van der Waals surface area contributed by atoms with Crippen molar-refractivity contribution in [1.29, 1.82) is 0 Å². The van der Waals surface area contributed by atoms with Gasteiger partial charge in [0.25, 0.3) is 0 Å². The second-order valence-corrected chi connectivity index (χ2v) is 5.60. The standard InChI is InChI=1S/C17H15ClO6/c1-9-7-13(19)15(17(22)24-9)12(8-14(20)16(21)23-2)10-3-5-11(18)6-4-10/h3-7,12,19H,8H2,1-2H3. The van der Waals surface area contributed by atoms with Gasteiger partial charge in [0.2, 0.25) is 5.78 Å². The average molecular weight is 351 g/mol. The zero-order chi connectivity index (χ0) is 17.9. The van der Waals surface area contributed by atoms with E-state index in [1.54, 1.807) is 24.3 Å². The Labute approximate surface area is 142 Å². The van der Waals surface area contributed by atoms with Gasteiger partial charge in [-0.2, -0.15) is 0 Å². The lowest BCUT2D eigenvalue weighted by atomic mass is 9.87. The van der Waals surface area contributed by atoms with Crippen LogP contribution in [0.4, 0.5) is 0 Å². The fourth-order valence-corrected chi connectivity index (χ4v) is 2.52. The van der Waals surface area contributed by atoms with Crippen LogP contribution in [0.3, 0.4) is 0 Å². The number of methoxy groups -OCH3 is 1. The summed E-state index contributed by atoms with van der Waals surface area (Å²) in [5.74, 6) is -2.79. The highest BCUT2D eigenvalue weighted by atomic mass is 35.5. The number of halogens is 1. The fraction of sp³-hybridized carbons (Fsp3) is 0.235. The lowest BCUT2D eigenvalue weighted by molar-refractivity contribution is -0.151. The molecule has 1 aromatic carbocycles. The van der Waals surface area contributed by atoms with Gasteiger partial charge in [0.1, 0.15) is 11.5 Å². The molecule has 2 aromatic rings. The summed E-state index contributed by atoms with van der Waals surface area (Å²) in [5.41, 5.74) is -0.339. The van der Waals surface area contributed by atoms with E-state index in [-0.39, 0.29) is 23.5 Å². The molecule has 7 heteroatoms. The van der Waals surface area contributed by atoms with Gasteiger partial charge >= 0.3 is 11.6 Å². The molecule has 6 nitrogen and oxygen atoms in total. The monoisotopic (exact) mass is 350 g/mol. The summed E-state index contributed by atoms with van der Waals surface area (Å²) < 4.78 is 9.42. The second-order valence-electron chi connectivity index (χ2n) is 5.17. The van der Waals surface area contributed by atoms with Crippen molar-refractivity contribution in [2.45, 2.75) is 19.3 Å². The molecule has 0 amide bonds. The van der Waals surface area contributed by atoms with Gasteiger partial charge < -0.3 is 14.3 Å². The highest BCUT2D eigenvalue weighted by Gasteiger charge is 2.28. The lowest BCUT2D eigenvalue weighted by Gasteiger charge is -2.17. The molecule has 1 atom stereocenters. The Morgan fingerprint density at radius 2 is 1.92 bits per heavy atom. The average Bonchev–Trinajstić information content (AvgIpc) is 2.52. The number of esters is 1. The van der Waals surface area contributed by atoms with E-state index in [0.717, 1.165) is 7.11 Å². The van der Waals surface area contributed by atoms with Crippen molar-refractivity contribution < 1.29 is 23.8 Å². The van der Waals surface area contributed by atoms with E-state index in [1.165, 1.54) is 13.0 Å². The predicted octanol–water partition coefficient (Wildman–Crippen LogP) is 2.57. The molecule has 0 fully saturated rings. The van der Waals surface area contributed by atoms with E-state index in [0.29, 0.717) is 10.6 Å². The largest absolute Gasteiger partial charge is 0.507 e. The number of hydrogen-bond acceptors (Lipinski definition) is 6. The maximum atomic E-state index is 12.2. The van der Waals surface area contributed by atoms with Crippen LogP contribution in [0.1, 0.15) is 29.2 Å². The molecule has 0 aliphatic heterocycles. The summed E-state index contributed by atoms with van der Waals surface area (Å²) in [6.45, 7) is 1.52. The van der Waals surface area contributed by atoms with Gasteiger partial charge in [-0.1, -0.05) is 23.7 Å². The summed E-state index contributed by atoms with van der Waals surface area (Å²) in [6.07, 6.45) is -0.352. The zero-order valence-electron chi connectivity index (χ0n) is 13.0. The highest BCUT2D eigenvalue weighted by Crippen LogP contribution is 2.33. The van der Waals surface area contributed by atoms with Crippen LogP contribution in [-0.2, 0) is 14.3 Å². The maximum absolute atomic E-state index is 12.2. The molecule has 24 heavy (non-hydrogen) atoms. The van der Waals surface area contributed by atoms with Crippen molar-refractivity contribution in [3.63, 3.8) is 0 Å². The molecule has 2 rings (SSSR count). The number of ketones is 1. The first-order valence-electron chi connectivity index (χ1n) is 7.03. The number of rotatable bonds is 5. The van der Waals surface area contributed by atoms with Crippen molar-refractivity contribution in [2.75, 3.05) is 7.11 Å². The molecular formula is C17H15ClO6. The first kappa shape index (κ1) is 17.7. The summed E-state index contributed by atoms with van der Waals surface area (Å²) in [6, 6.07) is 7.66. The first-order chi connectivity index (χ1) is 11.3. The third kappa shape index (κ3) is 3.83. The predicted molar refractivity (Wildman–Crippen MR) is 86.3 cm³/mol. The molecule has 0 saturated heterocycles. The van der Waals surface area contributed by atoms with E-state index >= 15 is 0 Å². The Balaban J connectivity index is 2.55. The van der Waals surface area contributed by atoms with Crippen LogP contribution in [0.15, 0.2) is 39.5 Å². The van der Waals surface area contributed by atoms with Crippen LogP contribution >= 0.6 is 11.6 Å². The van der Waals surface area contributed by atoms with Crippen molar-refractivity contribution >= 4 is 23.4 Å². The topological polar surface area (TPSA) is 93.8 Å². The van der Waals surface area contributed by atoms with E-state index < -0.39 is 23.3 Å². The first-order valence-corrected chi connectivity index (χ1v) is 7.41. The van der Waals surface area contributed by atoms with Gasteiger partial charge in [-0.05, 0) is 24.6 Å². The number of Topliss-reactive ketones (excluding diaryl/α,β-unsaturated/α-hetero) is 1. The molecule has 0 radical (unpaired) electrons. The Kier molecular flexibility index (Phi) is 5.41. The van der Waals surface area contributed by atoms with E-state index in [1.807, 2.05) is 0 Å². The van der Waals surface area contributed by atoms with Crippen molar-refractivity contribution in [1.82, 2.24) is 0 Å². The van der Waals surface area contributed by atoms with E-state index in [2.05, 4.69) is 4.74 Å². The minimum absolute atomic E-state index is 0.0971. The van der Waals surface area contributed by atoms with Crippen LogP contribution in [0.5, 0.6) is 5.75 Å². The molecule has 1 heterocycles. The molecule has 0 bridgehead atoms. The third-order valence-electron chi connectivity index (χ3n) is 3.51. The van der Waals surface area contributed by atoms with Crippen LogP contribution in [-0.4, -0.2) is 24.0 Å². The van der Waals surface area contributed by atoms with E-state index in [4.69, 9.17) is 16.0 Å². The molecular weight excluding hydrogens is 336 g/mol. The number of carbonyl (C=O) groups is 2. The van der Waals surface area contributed by atoms with Gasteiger partial charge in [0.05, 0.1) is 12.7 Å². The van der Waals surface area contributed by atoms with Crippen LogP contribution < -0.4 is 5.63 Å². The third-order valence-corrected chi connectivity index (χ3v) is 3.76. The SMILES string of the molecule is COC(=O)C(=O)CC(c1ccc(Cl)cc1)c1c(O)cc(C)oc1=O. The summed E-state index contributed by atoms with van der Waals surface area (Å²) >= 11 is 5.85. The quantitative estimate of drug-likeness (QED) is 0.658. The molecule has 1 unspecified atom stereocenters. The number of hydrogen-bond donors (Lipinski definition) is 1. The molecule has 1 N–H and O–H groups in total. The summed E-state index contributed by atoms with van der Waals surface area (Å²) in [7, 11) is 1.09. The number of benzene rings is 1. The number of carbonyl (C=O) groups excluding carboxylic acids is 2. The van der Waals surface area contributed by atoms with Crippen molar-refractivity contribution in [3.8, 4) is 5.75 Å². The smallest absolute Gasteiger partial charge is 0.374 e. The molecule has 1 aromatic heterocycles. The summed E-state index contributed by atoms with van der Waals surface area (Å²) in [4.78, 5) is 35.6. The molecule has 0 aliphatic carbocycles. The van der Waals surface area contributed by atoms with Crippen LogP contribution in [0.25, 0.3) is 0 Å². The summed E-state index contributed by atoms with van der Waals surface area (Å²) in [5, 5.41) is 10.6. The minimum atomic E-state index is -1.02. The second kappa shape index (κ2) is 7.31. The fourth-order valence-electron chi connectivity index (χ4n) is 2.39. The molecule has 126 valence electrons. The van der Waals surface area contributed by atoms with Gasteiger partial charge in [0.15, 0.2) is 0 Å². The van der Waals surface area contributed by atoms with Crippen molar-refractivity contribution in [3.05, 3.63) is 62.7 Å². The molecule has 0 spiro atoms. The Bertz CT molecular complexity index is 822. The van der Waals surface area contributed by atoms with Crippen LogP contribution in [0, 0.1) is 6.92 Å². The number of aromatic hydroxyl groups is 1. The normalized spacial score (nSPS) is 11.8. The Hall–Kier alpha value is -2.60. The van der Waals surface area contributed by atoms with Gasteiger partial charge in [0, 0.05) is 23.4 Å². The number of ether oxygens (including phenoxy) is 1. The molecule has 0 aliphatic rings. The maximum Gasteiger partial charge on any atom is 0.374 e. The van der Waals surface area contributed by atoms with Gasteiger partial charge in [-0.15, -0.1) is 0 Å². The van der Waals surface area contributed by atoms with E-state index in [9.17, 15) is 19.5 Å². The van der Waals surface area contributed by atoms with Crippen molar-refractivity contribution in [2.24, 2.45) is 0 Å². The van der Waals surface area contributed by atoms with Crippen LogP contribution in [0.2, 0.25) is 5.02 Å². The minimum Gasteiger partial charge on any atom is -0.507 e. The highest BCUT2D eigenvalue weighted by molar-refractivity contribution is 6.33. The zero-order valence-corrected chi connectivity index (χ0v) is 13.8. The lowest BCUT2D eigenvalue weighted by Crippen LogP contribution is -2.22. The Morgan fingerprint density at radius 3 is 2.46 bits per heavy atom. The molecule has 0 saturated carbocycles. The van der Waals surface area contributed by atoms with Gasteiger partial charge in [-0.25, -0.2) is 9.59 Å². The number of aryl methyl sites for hydroxylation is 1.